The molecule has 1 saturated heterocycles. The van der Waals surface area contributed by atoms with Gasteiger partial charge in [0.15, 0.2) is 11.5 Å². The van der Waals surface area contributed by atoms with E-state index >= 15 is 0 Å². The summed E-state index contributed by atoms with van der Waals surface area (Å²) in [6.45, 7) is 1.20. The van der Waals surface area contributed by atoms with Gasteiger partial charge in [-0.05, 0) is 24.6 Å². The topological polar surface area (TPSA) is 68.3 Å². The summed E-state index contributed by atoms with van der Waals surface area (Å²) in [5.41, 5.74) is 1.96. The summed E-state index contributed by atoms with van der Waals surface area (Å²) in [4.78, 5) is 29.7. The smallest absolute Gasteiger partial charge is 0.256 e. The van der Waals surface area contributed by atoms with E-state index < -0.39 is 0 Å². The van der Waals surface area contributed by atoms with Crippen LogP contribution in [0.1, 0.15) is 38.9 Å². The average molecular weight is 382 g/mol. The van der Waals surface area contributed by atoms with Gasteiger partial charge in [-0.2, -0.15) is 0 Å². The maximum absolute atomic E-state index is 13.4. The van der Waals surface area contributed by atoms with Crippen molar-refractivity contribution < 1.29 is 23.8 Å². The number of nitrogens with zero attached hydrogens (tertiary/aromatic N) is 2. The van der Waals surface area contributed by atoms with Crippen molar-refractivity contribution in [2.24, 2.45) is 0 Å². The molecule has 0 N–H and O–H groups in total. The summed E-state index contributed by atoms with van der Waals surface area (Å²) < 4.78 is 16.1. The van der Waals surface area contributed by atoms with Gasteiger partial charge in [0.25, 0.3) is 11.8 Å². The first-order chi connectivity index (χ1) is 13.6. The molecule has 1 fully saturated rings. The molecule has 0 bridgehead atoms. The fourth-order valence-corrected chi connectivity index (χ4v) is 4.03. The van der Waals surface area contributed by atoms with Crippen LogP contribution in [0.3, 0.4) is 0 Å². The zero-order chi connectivity index (χ0) is 19.8. The van der Waals surface area contributed by atoms with E-state index in [0.717, 1.165) is 12.0 Å². The van der Waals surface area contributed by atoms with Crippen LogP contribution in [0.4, 0.5) is 0 Å². The van der Waals surface area contributed by atoms with E-state index in [0.29, 0.717) is 41.5 Å². The molecule has 0 saturated carbocycles. The molecule has 146 valence electrons. The number of amides is 2. The summed E-state index contributed by atoms with van der Waals surface area (Å²) in [5, 5.41) is 0. The number of ether oxygens (including phenoxy) is 3. The lowest BCUT2D eigenvalue weighted by molar-refractivity contribution is 0.0164. The molecule has 2 aromatic carbocycles. The molecule has 1 atom stereocenters. The third-order valence-corrected chi connectivity index (χ3v) is 5.29. The van der Waals surface area contributed by atoms with Crippen LogP contribution in [0.5, 0.6) is 17.2 Å². The monoisotopic (exact) mass is 382 g/mol. The molecule has 2 aromatic rings. The maximum Gasteiger partial charge on any atom is 0.256 e. The Morgan fingerprint density at radius 2 is 1.68 bits per heavy atom. The number of benzene rings is 2. The number of fused-ring (bicyclic) bond motifs is 3. The minimum absolute atomic E-state index is 0.0250. The quantitative estimate of drug-likeness (QED) is 0.813. The number of carbonyl (C=O) groups excluding carboxylic acids is 2. The molecule has 0 spiro atoms. The van der Waals surface area contributed by atoms with Crippen LogP contribution in [0.2, 0.25) is 0 Å². The Hall–Kier alpha value is -3.22. The van der Waals surface area contributed by atoms with Crippen molar-refractivity contribution in [1.82, 2.24) is 9.80 Å². The lowest BCUT2D eigenvalue weighted by Gasteiger charge is -2.40. The van der Waals surface area contributed by atoms with Gasteiger partial charge in [-0.3, -0.25) is 9.59 Å². The molecule has 2 aliphatic rings. The van der Waals surface area contributed by atoms with Crippen molar-refractivity contribution in [1.29, 1.82) is 0 Å². The van der Waals surface area contributed by atoms with E-state index in [2.05, 4.69) is 0 Å². The average Bonchev–Trinajstić information content (AvgIpc) is 3.04. The Balaban J connectivity index is 1.75. The van der Waals surface area contributed by atoms with Crippen LogP contribution < -0.4 is 14.2 Å². The highest BCUT2D eigenvalue weighted by atomic mass is 16.5. The summed E-state index contributed by atoms with van der Waals surface area (Å²) in [6.07, 6.45) is 0.343. The maximum atomic E-state index is 13.4. The van der Waals surface area contributed by atoms with E-state index in [1.807, 2.05) is 24.3 Å². The predicted molar refractivity (Wildman–Crippen MR) is 102 cm³/mol. The molecule has 0 aliphatic carbocycles. The third kappa shape index (κ3) is 2.66. The highest BCUT2D eigenvalue weighted by Crippen LogP contribution is 2.42. The Bertz CT molecular complexity index is 917. The van der Waals surface area contributed by atoms with Crippen LogP contribution in [0, 0.1) is 0 Å². The van der Waals surface area contributed by atoms with Crippen LogP contribution in [-0.2, 0) is 0 Å². The van der Waals surface area contributed by atoms with Gasteiger partial charge in [0.1, 0.15) is 6.17 Å². The fourth-order valence-electron chi connectivity index (χ4n) is 4.03. The second-order valence-corrected chi connectivity index (χ2v) is 6.73. The van der Waals surface area contributed by atoms with Gasteiger partial charge in [-0.15, -0.1) is 0 Å². The van der Waals surface area contributed by atoms with Crippen molar-refractivity contribution in [3.8, 4) is 17.2 Å². The SMILES string of the molecule is COc1cc(C(=O)N2CCCN3C(=O)c4ccccc4[C@H]23)cc(OC)c1OC. The second kappa shape index (κ2) is 7.07. The van der Waals surface area contributed by atoms with E-state index in [9.17, 15) is 9.59 Å². The van der Waals surface area contributed by atoms with E-state index in [4.69, 9.17) is 14.2 Å². The van der Waals surface area contributed by atoms with Crippen molar-refractivity contribution in [2.75, 3.05) is 34.4 Å². The van der Waals surface area contributed by atoms with Gasteiger partial charge in [0.2, 0.25) is 5.75 Å². The predicted octanol–water partition coefficient (Wildman–Crippen LogP) is 2.71. The van der Waals surface area contributed by atoms with Crippen molar-refractivity contribution >= 4 is 11.8 Å². The largest absolute Gasteiger partial charge is 0.493 e. The molecule has 0 radical (unpaired) electrons. The minimum Gasteiger partial charge on any atom is -0.493 e. The molecule has 7 nitrogen and oxygen atoms in total. The number of hydrogen-bond donors (Lipinski definition) is 0. The Kier molecular flexibility index (Phi) is 4.58. The Labute approximate surface area is 163 Å². The lowest BCUT2D eigenvalue weighted by atomic mass is 10.1. The van der Waals surface area contributed by atoms with E-state index in [1.54, 1.807) is 21.9 Å². The van der Waals surface area contributed by atoms with Crippen LogP contribution in [0.25, 0.3) is 0 Å². The van der Waals surface area contributed by atoms with Crippen molar-refractivity contribution in [3.63, 3.8) is 0 Å². The Morgan fingerprint density at radius 3 is 2.32 bits per heavy atom. The van der Waals surface area contributed by atoms with Gasteiger partial charge < -0.3 is 24.0 Å². The Morgan fingerprint density at radius 1 is 1.00 bits per heavy atom. The number of methoxy groups -OCH3 is 3. The zero-order valence-corrected chi connectivity index (χ0v) is 16.1. The van der Waals surface area contributed by atoms with E-state index in [1.165, 1.54) is 21.3 Å². The van der Waals surface area contributed by atoms with Crippen molar-refractivity contribution in [3.05, 3.63) is 53.1 Å². The molecule has 7 heteroatoms. The second-order valence-electron chi connectivity index (χ2n) is 6.73. The fraction of sp³-hybridized carbons (Fsp3) is 0.333. The van der Waals surface area contributed by atoms with Crippen LogP contribution in [0.15, 0.2) is 36.4 Å². The molecule has 0 unspecified atom stereocenters. The molecule has 2 amide bonds. The van der Waals surface area contributed by atoms with Gasteiger partial charge in [-0.1, -0.05) is 18.2 Å². The summed E-state index contributed by atoms with van der Waals surface area (Å²) in [6, 6.07) is 10.8. The summed E-state index contributed by atoms with van der Waals surface area (Å²) in [7, 11) is 4.55. The van der Waals surface area contributed by atoms with Gasteiger partial charge >= 0.3 is 0 Å². The van der Waals surface area contributed by atoms with Gasteiger partial charge in [0.05, 0.1) is 21.3 Å². The number of carbonyl (C=O) groups is 2. The standard InChI is InChI=1S/C21H22N2O5/c1-26-16-11-13(12-17(27-2)18(16)28-3)20(24)22-9-6-10-23-19(22)14-7-4-5-8-15(14)21(23)25/h4-5,7-8,11-12,19H,6,9-10H2,1-3H3/t19-/m1/s1. The third-order valence-electron chi connectivity index (χ3n) is 5.29. The molecule has 0 aromatic heterocycles. The molecule has 2 aliphatic heterocycles. The normalized spacial score (nSPS) is 17.8. The first-order valence-corrected chi connectivity index (χ1v) is 9.11. The zero-order valence-electron chi connectivity index (χ0n) is 16.1. The van der Waals surface area contributed by atoms with Gasteiger partial charge in [0, 0.05) is 29.8 Å². The van der Waals surface area contributed by atoms with E-state index in [-0.39, 0.29) is 18.0 Å². The number of hydrogen-bond acceptors (Lipinski definition) is 5. The highest BCUT2D eigenvalue weighted by Gasteiger charge is 2.44. The summed E-state index contributed by atoms with van der Waals surface area (Å²) >= 11 is 0. The first kappa shape index (κ1) is 18.2. The van der Waals surface area contributed by atoms with Gasteiger partial charge in [-0.25, -0.2) is 0 Å². The first-order valence-electron chi connectivity index (χ1n) is 9.11. The molecular formula is C21H22N2O5. The molecule has 28 heavy (non-hydrogen) atoms. The number of rotatable bonds is 4. The van der Waals surface area contributed by atoms with Crippen molar-refractivity contribution in [2.45, 2.75) is 12.6 Å². The van der Waals surface area contributed by atoms with Crippen LogP contribution >= 0.6 is 0 Å². The summed E-state index contributed by atoms with van der Waals surface area (Å²) in [5.74, 6) is 1.06. The van der Waals surface area contributed by atoms with Crippen LogP contribution in [-0.4, -0.2) is 56.0 Å². The lowest BCUT2D eigenvalue weighted by Crippen LogP contribution is -2.48. The minimum atomic E-state index is -0.385. The highest BCUT2D eigenvalue weighted by molar-refractivity contribution is 6.01. The molecular weight excluding hydrogens is 360 g/mol. The molecule has 2 heterocycles. The molecule has 4 rings (SSSR count).